The number of carbonyl (C=O) groups excluding carboxylic acids is 2. The molecule has 240 valence electrons. The Morgan fingerprint density at radius 1 is 0.610 bits per heavy atom. The van der Waals surface area contributed by atoms with Gasteiger partial charge in [-0.05, 0) is 46.3 Å². The molecule has 0 aliphatic rings. The third-order valence-electron chi connectivity index (χ3n) is 6.88. The zero-order valence-corrected chi connectivity index (χ0v) is 27.4. The van der Waals surface area contributed by atoms with Gasteiger partial charge in [0.1, 0.15) is 12.1 Å². The largest absolute Gasteiger partial charge is 0.480 e. The summed E-state index contributed by atoms with van der Waals surface area (Å²) in [6.07, 6.45) is 19.7. The van der Waals surface area contributed by atoms with E-state index in [0.717, 1.165) is 19.3 Å². The lowest BCUT2D eigenvalue weighted by atomic mass is 10.0. The fourth-order valence-electron chi connectivity index (χ4n) is 4.49. The molecule has 2 atom stereocenters. The van der Waals surface area contributed by atoms with Gasteiger partial charge in [0.2, 0.25) is 11.8 Å². The third-order valence-corrected chi connectivity index (χ3v) is 9.35. The van der Waals surface area contributed by atoms with Gasteiger partial charge in [-0.25, -0.2) is 9.59 Å². The van der Waals surface area contributed by atoms with E-state index < -0.39 is 24.0 Å². The second kappa shape index (κ2) is 27.4. The van der Waals surface area contributed by atoms with Gasteiger partial charge in [-0.3, -0.25) is 9.59 Å². The molecule has 0 aromatic carbocycles. The number of nitrogens with zero attached hydrogens (tertiary/aromatic N) is 1. The van der Waals surface area contributed by atoms with Gasteiger partial charge < -0.3 is 25.7 Å². The Morgan fingerprint density at radius 3 is 1.34 bits per heavy atom. The van der Waals surface area contributed by atoms with Gasteiger partial charge in [0.05, 0.1) is 0 Å². The van der Waals surface area contributed by atoms with Gasteiger partial charge in [0, 0.05) is 24.9 Å². The molecule has 2 unspecified atom stereocenters. The monoisotopic (exact) mass is 619 g/mol. The normalized spacial score (nSPS) is 12.7. The molecule has 41 heavy (non-hydrogen) atoms. The molecule has 0 bridgehead atoms. The molecule has 11 heteroatoms. The Morgan fingerprint density at radius 2 is 0.976 bits per heavy atom. The van der Waals surface area contributed by atoms with E-state index in [1.54, 1.807) is 0 Å². The molecule has 0 aromatic heterocycles. The molecule has 9 nitrogen and oxygen atoms in total. The molecule has 0 aliphatic heterocycles. The number of unbranched alkanes of at least 4 members (excludes halogenated alkanes) is 14. The van der Waals surface area contributed by atoms with E-state index in [1.807, 2.05) is 0 Å². The van der Waals surface area contributed by atoms with E-state index in [4.69, 9.17) is 5.11 Å². The molecule has 0 saturated heterocycles. The molecule has 0 fully saturated rings. The predicted octanol–water partition coefficient (Wildman–Crippen LogP) is 6.11. The molecule has 2 amide bonds. The van der Waals surface area contributed by atoms with Crippen molar-refractivity contribution in [2.75, 3.05) is 32.1 Å². The molecular weight excluding hydrogens is 562 g/mol. The first kappa shape index (κ1) is 39.5. The van der Waals surface area contributed by atoms with Gasteiger partial charge in [-0.1, -0.05) is 105 Å². The Balaban J connectivity index is 3.67. The topological polar surface area (TPSA) is 136 Å². The van der Waals surface area contributed by atoms with Gasteiger partial charge in [-0.15, -0.1) is 0 Å². The molecule has 0 aliphatic carbocycles. The lowest BCUT2D eigenvalue weighted by molar-refractivity contribution is -0.142. The first-order valence-corrected chi connectivity index (χ1v) is 18.0. The standard InChI is InChI=1S/C30H57N3O6S2/c1-25(34)31-26(29(36)37)20-23-40-41-24-21-27(30(38)39)32-28(35)19-17-15-13-11-9-7-5-4-6-8-10-12-14-16-18-22-33(2)3/h26-27H,4-24H2,1-3H3,(H,31,34)(H,32,35)(H,36,37)(H,38,39). The summed E-state index contributed by atoms with van der Waals surface area (Å²) < 4.78 is 0. The molecule has 4 N–H and O–H groups in total. The van der Waals surface area contributed by atoms with Crippen LogP contribution in [-0.2, 0) is 19.2 Å². The molecule has 0 radical (unpaired) electrons. The highest BCUT2D eigenvalue weighted by atomic mass is 33.1. The fourth-order valence-corrected chi connectivity index (χ4v) is 6.67. The van der Waals surface area contributed by atoms with Crippen LogP contribution in [-0.4, -0.2) is 83.1 Å². The molecular formula is C30H57N3O6S2. The van der Waals surface area contributed by atoms with Crippen LogP contribution in [0.15, 0.2) is 0 Å². The number of rotatable bonds is 29. The van der Waals surface area contributed by atoms with Crippen molar-refractivity contribution in [1.82, 2.24) is 15.5 Å². The highest BCUT2D eigenvalue weighted by Crippen LogP contribution is 2.24. The maximum absolute atomic E-state index is 12.2. The summed E-state index contributed by atoms with van der Waals surface area (Å²) >= 11 is 0. The van der Waals surface area contributed by atoms with Crippen LogP contribution in [0.3, 0.4) is 0 Å². The first-order valence-electron chi connectivity index (χ1n) is 15.5. The average Bonchev–Trinajstić information content (AvgIpc) is 2.90. The van der Waals surface area contributed by atoms with E-state index >= 15 is 0 Å². The molecule has 0 aromatic rings. The van der Waals surface area contributed by atoms with Gasteiger partial charge in [0.25, 0.3) is 0 Å². The molecule has 0 saturated carbocycles. The summed E-state index contributed by atoms with van der Waals surface area (Å²) in [5.41, 5.74) is 0. The second-order valence-corrected chi connectivity index (χ2v) is 13.8. The molecule has 0 rings (SSSR count). The van der Waals surface area contributed by atoms with Crippen molar-refractivity contribution in [2.45, 2.75) is 135 Å². The number of carbonyl (C=O) groups is 4. The van der Waals surface area contributed by atoms with E-state index in [1.165, 1.54) is 112 Å². The third kappa shape index (κ3) is 27.1. The quantitative estimate of drug-likeness (QED) is 0.0577. The van der Waals surface area contributed by atoms with Crippen molar-refractivity contribution >= 4 is 45.3 Å². The predicted molar refractivity (Wildman–Crippen MR) is 171 cm³/mol. The minimum Gasteiger partial charge on any atom is -0.480 e. The van der Waals surface area contributed by atoms with Crippen LogP contribution in [0.2, 0.25) is 0 Å². The summed E-state index contributed by atoms with van der Waals surface area (Å²) in [7, 11) is 7.14. The Bertz CT molecular complexity index is 712. The average molecular weight is 620 g/mol. The van der Waals surface area contributed by atoms with Crippen molar-refractivity contribution in [3.8, 4) is 0 Å². The second-order valence-electron chi connectivity index (χ2n) is 11.1. The summed E-state index contributed by atoms with van der Waals surface area (Å²) in [4.78, 5) is 48.2. The number of nitrogens with one attached hydrogen (secondary N) is 2. The lowest BCUT2D eigenvalue weighted by Crippen LogP contribution is -2.41. The van der Waals surface area contributed by atoms with Crippen molar-refractivity contribution in [2.24, 2.45) is 0 Å². The van der Waals surface area contributed by atoms with Crippen molar-refractivity contribution < 1.29 is 29.4 Å². The van der Waals surface area contributed by atoms with E-state index in [0.29, 0.717) is 24.3 Å². The molecule has 0 spiro atoms. The maximum atomic E-state index is 12.2. The lowest BCUT2D eigenvalue weighted by Gasteiger charge is -2.15. The summed E-state index contributed by atoms with van der Waals surface area (Å²) in [6.45, 7) is 2.48. The minimum absolute atomic E-state index is 0.219. The van der Waals surface area contributed by atoms with Crippen molar-refractivity contribution in [1.29, 1.82) is 0 Å². The Hall–Kier alpha value is -1.46. The highest BCUT2D eigenvalue weighted by molar-refractivity contribution is 8.76. The van der Waals surface area contributed by atoms with Crippen LogP contribution >= 0.6 is 21.6 Å². The number of aliphatic carboxylic acids is 2. The van der Waals surface area contributed by atoms with Crippen LogP contribution < -0.4 is 10.6 Å². The van der Waals surface area contributed by atoms with Crippen LogP contribution in [0.5, 0.6) is 0 Å². The maximum Gasteiger partial charge on any atom is 0.326 e. The van der Waals surface area contributed by atoms with Gasteiger partial charge in [0.15, 0.2) is 0 Å². The first-order chi connectivity index (χ1) is 19.6. The molecule has 0 heterocycles. The van der Waals surface area contributed by atoms with Crippen LogP contribution in [0.4, 0.5) is 0 Å². The zero-order valence-electron chi connectivity index (χ0n) is 25.8. The Kier molecular flexibility index (Phi) is 26.4. The summed E-state index contributed by atoms with van der Waals surface area (Å²) in [5.74, 6) is -1.72. The smallest absolute Gasteiger partial charge is 0.326 e. The fraction of sp³-hybridized carbons (Fsp3) is 0.867. The van der Waals surface area contributed by atoms with E-state index in [-0.39, 0.29) is 18.2 Å². The van der Waals surface area contributed by atoms with Crippen LogP contribution in [0, 0.1) is 0 Å². The van der Waals surface area contributed by atoms with Crippen molar-refractivity contribution in [3.63, 3.8) is 0 Å². The number of hydrogen-bond donors (Lipinski definition) is 4. The summed E-state index contributed by atoms with van der Waals surface area (Å²) in [6, 6.07) is -1.85. The number of amides is 2. The minimum atomic E-state index is -1.08. The van der Waals surface area contributed by atoms with E-state index in [2.05, 4.69) is 29.6 Å². The number of carboxylic acids is 2. The SMILES string of the molecule is CC(=O)NC(CCSSCCC(NC(=O)CCCCCCCCCCCCCCCCCN(C)C)C(=O)O)C(=O)O. The number of carboxylic acid groups (broad SMARTS) is 2. The zero-order chi connectivity index (χ0) is 30.7. The van der Waals surface area contributed by atoms with E-state index in [9.17, 15) is 24.3 Å². The Labute approximate surface area is 256 Å². The highest BCUT2D eigenvalue weighted by Gasteiger charge is 2.20. The van der Waals surface area contributed by atoms with Gasteiger partial charge >= 0.3 is 11.9 Å². The van der Waals surface area contributed by atoms with Gasteiger partial charge in [-0.2, -0.15) is 0 Å². The van der Waals surface area contributed by atoms with Crippen LogP contribution in [0.25, 0.3) is 0 Å². The van der Waals surface area contributed by atoms with Crippen molar-refractivity contribution in [3.05, 3.63) is 0 Å². The number of hydrogen-bond acceptors (Lipinski definition) is 7. The van der Waals surface area contributed by atoms with Crippen LogP contribution in [0.1, 0.15) is 122 Å². The summed E-state index contributed by atoms with van der Waals surface area (Å²) in [5, 5.41) is 23.6.